The standard InChI is InChI=1S/C11H21F3O3S.H3N/c1-2-3-4-5-6-7-8-9-10(12)11(13,14)18(15,16)17;/h10H,2-9H2,1H3,(H,15,16,17);1H3. The molecule has 0 bridgehead atoms. The fraction of sp³-hybridized carbons (Fsp3) is 1.00. The summed E-state index contributed by atoms with van der Waals surface area (Å²) in [6.07, 6.45) is 2.47. The van der Waals surface area contributed by atoms with Gasteiger partial charge in [0.2, 0.25) is 0 Å². The van der Waals surface area contributed by atoms with Gasteiger partial charge in [0.15, 0.2) is 6.17 Å². The lowest BCUT2D eigenvalue weighted by atomic mass is 10.1. The molecule has 0 amide bonds. The Morgan fingerprint density at radius 3 is 1.89 bits per heavy atom. The minimum Gasteiger partial charge on any atom is -0.344 e. The van der Waals surface area contributed by atoms with Gasteiger partial charge >= 0.3 is 15.4 Å². The predicted molar refractivity (Wildman–Crippen MR) is 69.0 cm³/mol. The van der Waals surface area contributed by atoms with Gasteiger partial charge in [0, 0.05) is 0 Å². The van der Waals surface area contributed by atoms with Crippen molar-refractivity contribution in [2.45, 2.75) is 69.7 Å². The highest BCUT2D eigenvalue weighted by atomic mass is 32.2. The van der Waals surface area contributed by atoms with E-state index in [4.69, 9.17) is 4.55 Å². The van der Waals surface area contributed by atoms with E-state index in [0.29, 0.717) is 6.42 Å². The maximum Gasteiger partial charge on any atom is 0.400 e. The van der Waals surface area contributed by atoms with Gasteiger partial charge in [-0.1, -0.05) is 51.9 Å². The van der Waals surface area contributed by atoms with Crippen molar-refractivity contribution in [1.29, 1.82) is 0 Å². The number of hydrogen-bond acceptors (Lipinski definition) is 3. The van der Waals surface area contributed by atoms with Crippen molar-refractivity contribution in [3.05, 3.63) is 0 Å². The Morgan fingerprint density at radius 2 is 1.47 bits per heavy atom. The first-order valence-corrected chi connectivity index (χ1v) is 7.66. The van der Waals surface area contributed by atoms with Crippen molar-refractivity contribution >= 4 is 10.1 Å². The van der Waals surface area contributed by atoms with Crippen LogP contribution in [0.25, 0.3) is 0 Å². The molecule has 0 aromatic heterocycles. The normalized spacial score (nSPS) is 13.9. The monoisotopic (exact) mass is 307 g/mol. The van der Waals surface area contributed by atoms with Gasteiger partial charge < -0.3 is 6.15 Å². The molecule has 0 saturated carbocycles. The van der Waals surface area contributed by atoms with E-state index in [1.807, 2.05) is 0 Å². The zero-order chi connectivity index (χ0) is 14.2. The zero-order valence-corrected chi connectivity index (χ0v) is 12.1. The second kappa shape index (κ2) is 9.55. The summed E-state index contributed by atoms with van der Waals surface area (Å²) in [6, 6.07) is 0. The van der Waals surface area contributed by atoms with Gasteiger partial charge in [0.25, 0.3) is 0 Å². The van der Waals surface area contributed by atoms with Gasteiger partial charge in [0.05, 0.1) is 0 Å². The van der Waals surface area contributed by atoms with Gasteiger partial charge in [-0.3, -0.25) is 4.55 Å². The minimum absolute atomic E-state index is 0. The smallest absolute Gasteiger partial charge is 0.344 e. The lowest BCUT2D eigenvalue weighted by Gasteiger charge is -2.17. The summed E-state index contributed by atoms with van der Waals surface area (Å²) in [6.45, 7) is 2.07. The largest absolute Gasteiger partial charge is 0.400 e. The molecule has 0 rings (SSSR count). The van der Waals surface area contributed by atoms with E-state index in [9.17, 15) is 21.6 Å². The second-order valence-corrected chi connectivity index (χ2v) is 5.91. The molecule has 0 saturated heterocycles. The highest BCUT2D eigenvalue weighted by molar-refractivity contribution is 7.86. The van der Waals surface area contributed by atoms with Crippen LogP contribution < -0.4 is 6.15 Å². The summed E-state index contributed by atoms with van der Waals surface area (Å²) in [4.78, 5) is 0. The Labute approximate surface area is 113 Å². The molecule has 0 heterocycles. The quantitative estimate of drug-likeness (QED) is 0.469. The minimum atomic E-state index is -5.66. The molecule has 0 radical (unpaired) electrons. The van der Waals surface area contributed by atoms with E-state index in [0.717, 1.165) is 32.1 Å². The van der Waals surface area contributed by atoms with Crippen LogP contribution in [0.3, 0.4) is 0 Å². The second-order valence-electron chi connectivity index (χ2n) is 4.41. The summed E-state index contributed by atoms with van der Waals surface area (Å²) < 4.78 is 67.3. The lowest BCUT2D eigenvalue weighted by Crippen LogP contribution is -2.38. The number of unbranched alkanes of at least 4 members (excludes halogenated alkanes) is 6. The van der Waals surface area contributed by atoms with Crippen LogP contribution in [0.1, 0.15) is 58.3 Å². The molecule has 118 valence electrons. The molecule has 0 aromatic carbocycles. The average molecular weight is 307 g/mol. The van der Waals surface area contributed by atoms with Crippen molar-refractivity contribution in [3.63, 3.8) is 0 Å². The van der Waals surface area contributed by atoms with E-state index in [1.54, 1.807) is 0 Å². The Bertz CT molecular complexity index is 323. The first-order valence-electron chi connectivity index (χ1n) is 6.22. The van der Waals surface area contributed by atoms with Crippen molar-refractivity contribution in [2.24, 2.45) is 0 Å². The van der Waals surface area contributed by atoms with Gasteiger partial charge in [-0.2, -0.15) is 17.2 Å². The molecule has 1 atom stereocenters. The summed E-state index contributed by atoms with van der Waals surface area (Å²) in [5.74, 6) is 0. The van der Waals surface area contributed by atoms with E-state index in [1.165, 1.54) is 0 Å². The van der Waals surface area contributed by atoms with Crippen LogP contribution in [0.15, 0.2) is 0 Å². The zero-order valence-electron chi connectivity index (χ0n) is 11.2. The lowest BCUT2D eigenvalue weighted by molar-refractivity contribution is -0.00709. The van der Waals surface area contributed by atoms with Crippen molar-refractivity contribution in [1.82, 2.24) is 6.15 Å². The van der Waals surface area contributed by atoms with Crippen LogP contribution in [0.5, 0.6) is 0 Å². The van der Waals surface area contributed by atoms with E-state index >= 15 is 0 Å². The number of rotatable bonds is 10. The van der Waals surface area contributed by atoms with E-state index in [2.05, 4.69) is 6.92 Å². The molecule has 1 unspecified atom stereocenters. The van der Waals surface area contributed by atoms with E-state index < -0.39 is 28.0 Å². The van der Waals surface area contributed by atoms with Crippen LogP contribution in [0.2, 0.25) is 0 Å². The number of alkyl halides is 3. The summed E-state index contributed by atoms with van der Waals surface area (Å²) in [5, 5.41) is -4.70. The Kier molecular flexibility index (Phi) is 10.5. The van der Waals surface area contributed by atoms with Gasteiger partial charge in [-0.25, -0.2) is 4.39 Å². The van der Waals surface area contributed by atoms with Crippen LogP contribution in [-0.2, 0) is 10.1 Å². The number of hydrogen-bond donors (Lipinski definition) is 2. The highest BCUT2D eigenvalue weighted by Gasteiger charge is 2.52. The molecule has 0 aliphatic heterocycles. The summed E-state index contributed by atoms with van der Waals surface area (Å²) in [5.41, 5.74) is 0. The fourth-order valence-corrected chi connectivity index (χ4v) is 2.05. The topological polar surface area (TPSA) is 89.4 Å². The molecule has 4 N–H and O–H groups in total. The third-order valence-electron chi connectivity index (χ3n) is 2.77. The van der Waals surface area contributed by atoms with Crippen molar-refractivity contribution < 1.29 is 26.1 Å². The number of halogens is 3. The molecular weight excluding hydrogens is 283 g/mol. The Morgan fingerprint density at radius 1 is 1.05 bits per heavy atom. The van der Waals surface area contributed by atoms with Crippen molar-refractivity contribution in [3.8, 4) is 0 Å². The highest BCUT2D eigenvalue weighted by Crippen LogP contribution is 2.30. The Balaban J connectivity index is 0. The first kappa shape index (κ1) is 21.0. The third-order valence-corrected chi connectivity index (χ3v) is 3.71. The van der Waals surface area contributed by atoms with Crippen LogP contribution >= 0.6 is 0 Å². The maximum atomic E-state index is 13.0. The van der Waals surface area contributed by atoms with Gasteiger partial charge in [-0.05, 0) is 6.42 Å². The molecule has 0 spiro atoms. The van der Waals surface area contributed by atoms with Gasteiger partial charge in [0.1, 0.15) is 0 Å². The summed E-state index contributed by atoms with van der Waals surface area (Å²) in [7, 11) is -5.66. The van der Waals surface area contributed by atoms with Crippen molar-refractivity contribution in [2.75, 3.05) is 0 Å². The first-order chi connectivity index (χ1) is 8.23. The molecule has 0 aromatic rings. The fourth-order valence-electron chi connectivity index (χ4n) is 1.61. The third kappa shape index (κ3) is 7.74. The molecule has 19 heavy (non-hydrogen) atoms. The van der Waals surface area contributed by atoms with Crippen LogP contribution in [-0.4, -0.2) is 24.4 Å². The molecule has 4 nitrogen and oxygen atoms in total. The Hall–Kier alpha value is -0.340. The van der Waals surface area contributed by atoms with E-state index in [-0.39, 0.29) is 12.6 Å². The predicted octanol–water partition coefficient (Wildman–Crippen LogP) is 4.11. The molecule has 0 fully saturated rings. The SMILES string of the molecule is CCCCCCCCCC(F)C(F)(F)S(=O)(=O)O.N. The molecular formula is C11H24F3NO3S. The van der Waals surface area contributed by atoms with Crippen LogP contribution in [0, 0.1) is 0 Å². The molecule has 8 heteroatoms. The molecule has 0 aliphatic carbocycles. The maximum absolute atomic E-state index is 13.0. The molecule has 0 aliphatic rings. The summed E-state index contributed by atoms with van der Waals surface area (Å²) >= 11 is 0. The average Bonchev–Trinajstić information content (AvgIpc) is 2.26. The van der Waals surface area contributed by atoms with Crippen LogP contribution in [0.4, 0.5) is 13.2 Å². The van der Waals surface area contributed by atoms with Gasteiger partial charge in [-0.15, -0.1) is 0 Å².